The van der Waals surface area contributed by atoms with Gasteiger partial charge in [-0.25, -0.2) is 19.9 Å². The molecule has 4 fully saturated rings. The molecule has 0 bridgehead atoms. The Morgan fingerprint density at radius 3 is 1.56 bits per heavy atom. The molecule has 4 aromatic rings. The van der Waals surface area contributed by atoms with Crippen LogP contribution in [0.3, 0.4) is 0 Å². The molecule has 0 aromatic carbocycles. The Hall–Kier alpha value is -7.63. The summed E-state index contributed by atoms with van der Waals surface area (Å²) in [6.45, 7) is 4.57. The first-order valence-corrected chi connectivity index (χ1v) is 20.2. The minimum absolute atomic E-state index is 0.00419. The van der Waals surface area contributed by atoms with Gasteiger partial charge >= 0.3 is 0 Å². The number of ether oxygens (including phenoxy) is 1. The van der Waals surface area contributed by atoms with Crippen molar-refractivity contribution in [3.8, 4) is 40.7 Å². The zero-order chi connectivity index (χ0) is 43.6. The van der Waals surface area contributed by atoms with Crippen molar-refractivity contribution in [1.82, 2.24) is 39.7 Å². The van der Waals surface area contributed by atoms with Gasteiger partial charge in [0.2, 0.25) is 23.6 Å². The number of hydrogen-bond donors (Lipinski definition) is 4. The average molecular weight is 838 g/mol. The number of anilines is 4. The molecule has 2 aliphatic heterocycles. The van der Waals surface area contributed by atoms with Gasteiger partial charge in [-0.2, -0.15) is 15.8 Å². The van der Waals surface area contributed by atoms with Gasteiger partial charge in [0.05, 0.1) is 85.3 Å². The molecule has 2 saturated carbocycles. The Morgan fingerprint density at radius 1 is 0.661 bits per heavy atom. The summed E-state index contributed by atoms with van der Waals surface area (Å²) in [7, 11) is 0. The van der Waals surface area contributed by atoms with Crippen molar-refractivity contribution in [2.75, 3.05) is 67.1 Å². The normalized spacial score (nSPS) is 17.8. The molecule has 0 radical (unpaired) electrons. The summed E-state index contributed by atoms with van der Waals surface area (Å²) in [6, 6.07) is 9.62. The number of hydrogen-bond acceptors (Lipinski definition) is 16. The van der Waals surface area contributed by atoms with Crippen LogP contribution in [0.2, 0.25) is 0 Å². The van der Waals surface area contributed by atoms with E-state index in [1.165, 1.54) is 37.2 Å². The van der Waals surface area contributed by atoms with E-state index in [1.54, 1.807) is 21.9 Å². The highest BCUT2D eigenvalue weighted by molar-refractivity contribution is 5.93. The Balaban J connectivity index is 0.000000186. The monoisotopic (exact) mass is 837 g/mol. The van der Waals surface area contributed by atoms with Gasteiger partial charge in [-0.1, -0.05) is 0 Å². The molecule has 2 atom stereocenters. The van der Waals surface area contributed by atoms with Gasteiger partial charge in [0.1, 0.15) is 12.1 Å². The highest BCUT2D eigenvalue weighted by Crippen LogP contribution is 2.31. The number of aromatic nitrogens is 6. The van der Waals surface area contributed by atoms with Crippen molar-refractivity contribution in [3.05, 3.63) is 60.7 Å². The van der Waals surface area contributed by atoms with Crippen molar-refractivity contribution in [2.45, 2.75) is 45.1 Å². The molecule has 2 aliphatic carbocycles. The molecule has 4 N–H and O–H groups in total. The molecule has 4 aromatic heterocycles. The summed E-state index contributed by atoms with van der Waals surface area (Å²) in [5.74, 6) is 0.526. The fourth-order valence-electron chi connectivity index (χ4n) is 6.59. The first-order valence-electron chi connectivity index (χ1n) is 20.2. The molecule has 62 heavy (non-hydrogen) atoms. The van der Waals surface area contributed by atoms with Crippen molar-refractivity contribution in [1.29, 1.82) is 15.8 Å². The van der Waals surface area contributed by atoms with E-state index < -0.39 is 0 Å². The van der Waals surface area contributed by atoms with E-state index in [-0.39, 0.29) is 72.0 Å². The lowest BCUT2D eigenvalue weighted by molar-refractivity contribution is -0.136. The topological polar surface area (TPSA) is 281 Å². The number of nitrogens with zero attached hydrogens (tertiary/aromatic N) is 11. The number of likely N-dealkylation sites (tertiary alicyclic amines) is 1. The lowest BCUT2D eigenvalue weighted by Crippen LogP contribution is -2.46. The van der Waals surface area contributed by atoms with E-state index in [4.69, 9.17) is 10.00 Å². The van der Waals surface area contributed by atoms with Crippen LogP contribution in [0.1, 0.15) is 50.4 Å². The van der Waals surface area contributed by atoms with Gasteiger partial charge in [0.15, 0.2) is 23.0 Å². The van der Waals surface area contributed by atoms with Crippen molar-refractivity contribution in [2.24, 2.45) is 17.8 Å². The standard InChI is InChI=1S/C21H20N8O2.C21H23N7O3/c22-6-13-3-4-29(12-13)20(30)11-26-16-5-15(8-24-17(16)7-23)18-9-27-19(10-25-18)28-21(31)14-1-2-14;1-13-12-28(4-5-31-13)20(29)11-25-16-6-15(8-23-17(16)7-22)18-9-26-19(10-24-18)27-21(30)14-2-3-14/h5,8-10,13-14,26H,1-4,11-12H2,(H,27,28,31);6,8-10,13-14,25H,2-5,11-12H2,1H3,(H,26,27,30). The molecule has 4 aliphatic rings. The first kappa shape index (κ1) is 42.5. The molecular weight excluding hydrogens is 795 g/mol. The fraction of sp³-hybridized carbons (Fsp3) is 0.405. The second-order valence-corrected chi connectivity index (χ2v) is 15.2. The Bertz CT molecular complexity index is 2440. The van der Waals surface area contributed by atoms with E-state index in [0.717, 1.165) is 25.7 Å². The quantitative estimate of drug-likeness (QED) is 0.160. The lowest BCUT2D eigenvalue weighted by Gasteiger charge is -2.31. The third-order valence-corrected chi connectivity index (χ3v) is 10.5. The minimum Gasteiger partial charge on any atom is -0.375 e. The number of morpholine rings is 1. The Labute approximate surface area is 356 Å². The van der Waals surface area contributed by atoms with Crippen LogP contribution < -0.4 is 21.3 Å². The van der Waals surface area contributed by atoms with Gasteiger partial charge in [-0.15, -0.1) is 0 Å². The Morgan fingerprint density at radius 2 is 1.16 bits per heavy atom. The highest BCUT2D eigenvalue weighted by atomic mass is 16.5. The van der Waals surface area contributed by atoms with Crippen LogP contribution in [0.5, 0.6) is 0 Å². The molecule has 0 spiro atoms. The molecule has 20 heteroatoms. The highest BCUT2D eigenvalue weighted by Gasteiger charge is 2.31. The molecule has 4 amide bonds. The van der Waals surface area contributed by atoms with Crippen LogP contribution in [0, 0.1) is 51.7 Å². The molecule has 316 valence electrons. The predicted octanol–water partition coefficient (Wildman–Crippen LogP) is 2.96. The number of rotatable bonds is 12. The molecule has 20 nitrogen and oxygen atoms in total. The first-order chi connectivity index (χ1) is 30.1. The second kappa shape index (κ2) is 19.6. The SMILES string of the molecule is CC1CN(C(=O)CNc2cc(-c3cnc(NC(=O)C4CC4)cn3)cnc2C#N)CCO1.N#Cc1ncc(-c2cnc(NC(=O)C3CC3)cn2)cc1NCC(=O)N1CCC(C#N)C1. The number of nitrogens with one attached hydrogen (secondary N) is 4. The van der Waals surface area contributed by atoms with E-state index in [1.807, 2.05) is 19.1 Å². The third kappa shape index (κ3) is 11.1. The largest absolute Gasteiger partial charge is 0.375 e. The molecule has 2 saturated heterocycles. The number of pyridine rings is 2. The number of carbonyl (C=O) groups is 4. The van der Waals surface area contributed by atoms with Crippen LogP contribution in [0.4, 0.5) is 23.0 Å². The van der Waals surface area contributed by atoms with Crippen LogP contribution in [-0.2, 0) is 23.9 Å². The zero-order valence-corrected chi connectivity index (χ0v) is 33.9. The molecule has 6 heterocycles. The van der Waals surface area contributed by atoms with Crippen LogP contribution in [-0.4, -0.2) is 115 Å². The van der Waals surface area contributed by atoms with E-state index in [0.29, 0.717) is 84.7 Å². The molecular formula is C42H43N15O5. The summed E-state index contributed by atoms with van der Waals surface area (Å²) >= 11 is 0. The summed E-state index contributed by atoms with van der Waals surface area (Å²) in [5, 5.41) is 39.2. The fourth-order valence-corrected chi connectivity index (χ4v) is 6.59. The third-order valence-electron chi connectivity index (χ3n) is 10.5. The van der Waals surface area contributed by atoms with Crippen molar-refractivity contribution < 1.29 is 23.9 Å². The summed E-state index contributed by atoms with van der Waals surface area (Å²) in [5.41, 5.74) is 3.53. The van der Waals surface area contributed by atoms with Gasteiger partial charge in [0, 0.05) is 61.5 Å². The number of carbonyl (C=O) groups excluding carboxylic acids is 4. The van der Waals surface area contributed by atoms with Gasteiger partial charge in [0.25, 0.3) is 0 Å². The lowest BCUT2D eigenvalue weighted by atomic mass is 10.1. The molecule has 8 rings (SSSR count). The maximum absolute atomic E-state index is 12.5. The maximum Gasteiger partial charge on any atom is 0.242 e. The average Bonchev–Trinajstić information content (AvgIpc) is 4.26. The van der Waals surface area contributed by atoms with Crippen LogP contribution >= 0.6 is 0 Å². The van der Waals surface area contributed by atoms with Crippen molar-refractivity contribution >= 4 is 46.6 Å². The van der Waals surface area contributed by atoms with Crippen LogP contribution in [0.15, 0.2) is 49.3 Å². The smallest absolute Gasteiger partial charge is 0.242 e. The Kier molecular flexibility index (Phi) is 13.4. The second-order valence-electron chi connectivity index (χ2n) is 15.2. The zero-order valence-electron chi connectivity index (χ0n) is 33.9. The summed E-state index contributed by atoms with van der Waals surface area (Å²) in [6.07, 6.45) is 13.4. The maximum atomic E-state index is 12.5. The summed E-state index contributed by atoms with van der Waals surface area (Å²) in [4.78, 5) is 77.4. The van der Waals surface area contributed by atoms with Gasteiger partial charge in [-0.3, -0.25) is 29.1 Å². The van der Waals surface area contributed by atoms with Crippen LogP contribution in [0.25, 0.3) is 22.5 Å². The predicted molar refractivity (Wildman–Crippen MR) is 222 cm³/mol. The number of nitriles is 3. The van der Waals surface area contributed by atoms with Gasteiger partial charge in [-0.05, 0) is 51.2 Å². The van der Waals surface area contributed by atoms with E-state index >= 15 is 0 Å². The van der Waals surface area contributed by atoms with Crippen molar-refractivity contribution in [3.63, 3.8) is 0 Å². The number of amides is 4. The molecule has 2 unspecified atom stereocenters. The minimum atomic E-state index is -0.136. The van der Waals surface area contributed by atoms with E-state index in [9.17, 15) is 29.7 Å². The van der Waals surface area contributed by atoms with Gasteiger partial charge < -0.3 is 35.8 Å². The summed E-state index contributed by atoms with van der Waals surface area (Å²) < 4.78 is 5.46. The van der Waals surface area contributed by atoms with E-state index in [2.05, 4.69) is 57.2 Å².